The van der Waals surface area contributed by atoms with E-state index < -0.39 is 0 Å². The summed E-state index contributed by atoms with van der Waals surface area (Å²) in [5.41, 5.74) is 13.4. The third-order valence-electron chi connectivity index (χ3n) is 3.05. The molecule has 1 amide bonds. The van der Waals surface area contributed by atoms with E-state index in [0.29, 0.717) is 6.42 Å². The van der Waals surface area contributed by atoms with E-state index in [1.807, 2.05) is 32.0 Å². The first-order chi connectivity index (χ1) is 8.43. The number of aryl methyl sites for hydroxylation is 1. The highest BCUT2D eigenvalue weighted by Gasteiger charge is 2.14. The molecule has 1 rings (SSSR count). The zero-order chi connectivity index (χ0) is 13.7. The van der Waals surface area contributed by atoms with Crippen LogP contribution in [0.1, 0.15) is 36.9 Å². The topological polar surface area (TPSA) is 78.3 Å². The molecule has 4 heteroatoms. The summed E-state index contributed by atoms with van der Waals surface area (Å²) in [6.45, 7) is 3.98. The van der Waals surface area contributed by atoms with Crippen LogP contribution in [0.4, 0.5) is 0 Å². The minimum atomic E-state index is -0.277. The molecule has 0 radical (unpaired) electrons. The minimum Gasteiger partial charge on any atom is -0.496 e. The van der Waals surface area contributed by atoms with Crippen molar-refractivity contribution in [3.05, 3.63) is 29.3 Å². The van der Waals surface area contributed by atoms with Gasteiger partial charge in [0.15, 0.2) is 0 Å². The summed E-state index contributed by atoms with van der Waals surface area (Å²) >= 11 is 0. The maximum absolute atomic E-state index is 10.8. The van der Waals surface area contributed by atoms with Crippen molar-refractivity contribution in [2.75, 3.05) is 7.11 Å². The van der Waals surface area contributed by atoms with Crippen molar-refractivity contribution in [2.45, 2.75) is 32.7 Å². The lowest BCUT2D eigenvalue weighted by atomic mass is 9.93. The van der Waals surface area contributed by atoms with Crippen LogP contribution in [0.3, 0.4) is 0 Å². The van der Waals surface area contributed by atoms with E-state index in [9.17, 15) is 4.79 Å². The van der Waals surface area contributed by atoms with E-state index in [1.165, 1.54) is 0 Å². The van der Waals surface area contributed by atoms with Gasteiger partial charge in [-0.05, 0) is 36.5 Å². The van der Waals surface area contributed by atoms with Gasteiger partial charge in [0, 0.05) is 12.5 Å². The largest absolute Gasteiger partial charge is 0.496 e. The molecule has 4 N–H and O–H groups in total. The number of ether oxygens (including phenoxy) is 1. The van der Waals surface area contributed by atoms with Crippen molar-refractivity contribution >= 4 is 5.91 Å². The number of hydrogen-bond acceptors (Lipinski definition) is 3. The van der Waals surface area contributed by atoms with Crippen LogP contribution in [-0.2, 0) is 4.79 Å². The van der Waals surface area contributed by atoms with Gasteiger partial charge in [-0.3, -0.25) is 4.79 Å². The predicted molar refractivity (Wildman–Crippen MR) is 72.3 cm³/mol. The van der Waals surface area contributed by atoms with Crippen LogP contribution in [0.2, 0.25) is 0 Å². The number of hydrogen-bond donors (Lipinski definition) is 2. The van der Waals surface area contributed by atoms with E-state index in [1.54, 1.807) is 7.11 Å². The molecule has 0 aliphatic rings. The normalized spacial score (nSPS) is 14.0. The number of carbonyl (C=O) groups is 1. The molecule has 18 heavy (non-hydrogen) atoms. The number of amides is 1. The molecular weight excluding hydrogens is 228 g/mol. The third kappa shape index (κ3) is 4.04. The summed E-state index contributed by atoms with van der Waals surface area (Å²) < 4.78 is 5.21. The van der Waals surface area contributed by atoms with Crippen molar-refractivity contribution in [1.82, 2.24) is 0 Å². The quantitative estimate of drug-likeness (QED) is 0.809. The number of rotatable bonds is 6. The fourth-order valence-electron chi connectivity index (χ4n) is 2.13. The van der Waals surface area contributed by atoms with E-state index in [2.05, 4.69) is 0 Å². The Kier molecular flexibility index (Phi) is 5.16. The second kappa shape index (κ2) is 6.40. The summed E-state index contributed by atoms with van der Waals surface area (Å²) in [7, 11) is 1.65. The van der Waals surface area contributed by atoms with Crippen molar-refractivity contribution < 1.29 is 9.53 Å². The second-order valence-corrected chi connectivity index (χ2v) is 4.85. The molecule has 0 spiro atoms. The lowest BCUT2D eigenvalue weighted by Gasteiger charge is -2.17. The van der Waals surface area contributed by atoms with Crippen molar-refractivity contribution in [3.8, 4) is 5.75 Å². The Labute approximate surface area is 108 Å². The lowest BCUT2D eigenvalue weighted by molar-refractivity contribution is -0.118. The Morgan fingerprint density at radius 3 is 2.61 bits per heavy atom. The molecule has 0 aliphatic heterocycles. The van der Waals surface area contributed by atoms with Crippen molar-refractivity contribution in [3.63, 3.8) is 0 Å². The van der Waals surface area contributed by atoms with Crippen LogP contribution in [0.5, 0.6) is 5.75 Å². The van der Waals surface area contributed by atoms with Crippen LogP contribution in [-0.4, -0.2) is 13.0 Å². The Morgan fingerprint density at radius 2 is 2.11 bits per heavy atom. The van der Waals surface area contributed by atoms with Gasteiger partial charge in [0.05, 0.1) is 7.11 Å². The highest BCUT2D eigenvalue weighted by molar-refractivity contribution is 5.73. The molecule has 0 heterocycles. The summed E-state index contributed by atoms with van der Waals surface area (Å²) in [4.78, 5) is 10.8. The maximum Gasteiger partial charge on any atom is 0.217 e. The molecule has 0 aromatic heterocycles. The Morgan fingerprint density at radius 1 is 1.44 bits per heavy atom. The molecule has 0 aliphatic carbocycles. The van der Waals surface area contributed by atoms with E-state index in [0.717, 1.165) is 23.3 Å². The number of benzene rings is 1. The Balaban J connectivity index is 2.69. The van der Waals surface area contributed by atoms with Gasteiger partial charge in [-0.15, -0.1) is 0 Å². The lowest BCUT2D eigenvalue weighted by Crippen LogP contribution is -2.19. The summed E-state index contributed by atoms with van der Waals surface area (Å²) in [5.74, 6) is 0.775. The third-order valence-corrected chi connectivity index (χ3v) is 3.05. The van der Waals surface area contributed by atoms with Gasteiger partial charge >= 0.3 is 0 Å². The summed E-state index contributed by atoms with van der Waals surface area (Å²) in [6, 6.07) is 5.83. The standard InChI is InChI=1S/C14H22N2O2/c1-9(7-14(16)17)6-12(15)11-4-5-13(18-3)10(2)8-11/h4-5,8-9,12H,6-7,15H2,1-3H3,(H2,16,17). The smallest absolute Gasteiger partial charge is 0.217 e. The first-order valence-corrected chi connectivity index (χ1v) is 6.12. The highest BCUT2D eigenvalue weighted by atomic mass is 16.5. The van der Waals surface area contributed by atoms with Gasteiger partial charge in [0.2, 0.25) is 5.91 Å². The minimum absolute atomic E-state index is 0.0797. The van der Waals surface area contributed by atoms with Crippen LogP contribution in [0.25, 0.3) is 0 Å². The average molecular weight is 250 g/mol. The molecule has 1 aromatic rings. The zero-order valence-corrected chi connectivity index (χ0v) is 11.3. The first-order valence-electron chi connectivity index (χ1n) is 6.12. The number of primary amides is 1. The van der Waals surface area contributed by atoms with Crippen LogP contribution in [0.15, 0.2) is 18.2 Å². The molecule has 1 aromatic carbocycles. The highest BCUT2D eigenvalue weighted by Crippen LogP contribution is 2.25. The van der Waals surface area contributed by atoms with Gasteiger partial charge in [-0.1, -0.05) is 19.1 Å². The summed E-state index contributed by atoms with van der Waals surface area (Å²) in [5, 5.41) is 0. The second-order valence-electron chi connectivity index (χ2n) is 4.85. The predicted octanol–water partition coefficient (Wildman–Crippen LogP) is 1.91. The molecule has 2 atom stereocenters. The van der Waals surface area contributed by atoms with Crippen molar-refractivity contribution in [1.29, 1.82) is 0 Å². The zero-order valence-electron chi connectivity index (χ0n) is 11.3. The van der Waals surface area contributed by atoms with Gasteiger partial charge < -0.3 is 16.2 Å². The molecule has 0 saturated heterocycles. The fraction of sp³-hybridized carbons (Fsp3) is 0.500. The average Bonchev–Trinajstić information content (AvgIpc) is 2.27. The molecule has 4 nitrogen and oxygen atoms in total. The number of nitrogens with two attached hydrogens (primary N) is 2. The van der Waals surface area contributed by atoms with Crippen molar-refractivity contribution in [2.24, 2.45) is 17.4 Å². The van der Waals surface area contributed by atoms with Crippen LogP contribution < -0.4 is 16.2 Å². The molecule has 0 fully saturated rings. The fourth-order valence-corrected chi connectivity index (χ4v) is 2.13. The van der Waals surface area contributed by atoms with Gasteiger partial charge in [0.25, 0.3) is 0 Å². The first kappa shape index (κ1) is 14.5. The van der Waals surface area contributed by atoms with E-state index in [4.69, 9.17) is 16.2 Å². The Bertz CT molecular complexity index is 418. The molecule has 0 bridgehead atoms. The number of carbonyl (C=O) groups excluding carboxylic acids is 1. The van der Waals surface area contributed by atoms with Gasteiger partial charge in [-0.2, -0.15) is 0 Å². The Hall–Kier alpha value is -1.55. The number of methoxy groups -OCH3 is 1. The van der Waals surface area contributed by atoms with Gasteiger partial charge in [0.1, 0.15) is 5.75 Å². The van der Waals surface area contributed by atoms with Crippen LogP contribution >= 0.6 is 0 Å². The SMILES string of the molecule is COc1ccc(C(N)CC(C)CC(N)=O)cc1C. The van der Waals surface area contributed by atoms with Crippen LogP contribution in [0, 0.1) is 12.8 Å². The molecule has 0 saturated carbocycles. The molecule has 2 unspecified atom stereocenters. The monoisotopic (exact) mass is 250 g/mol. The van der Waals surface area contributed by atoms with Gasteiger partial charge in [-0.25, -0.2) is 0 Å². The molecule has 100 valence electrons. The maximum atomic E-state index is 10.8. The van der Waals surface area contributed by atoms with E-state index >= 15 is 0 Å². The summed E-state index contributed by atoms with van der Waals surface area (Å²) in [6.07, 6.45) is 1.12. The molecular formula is C14H22N2O2. The van der Waals surface area contributed by atoms with E-state index in [-0.39, 0.29) is 17.9 Å².